The first kappa shape index (κ1) is 12.9. The molecule has 0 amide bonds. The second-order valence-electron chi connectivity index (χ2n) is 4.13. The summed E-state index contributed by atoms with van der Waals surface area (Å²) >= 11 is 0. The van der Waals surface area contributed by atoms with E-state index in [-0.39, 0.29) is 0 Å². The van der Waals surface area contributed by atoms with E-state index in [1.807, 2.05) is 0 Å². The van der Waals surface area contributed by atoms with Gasteiger partial charge < -0.3 is 11.1 Å². The van der Waals surface area contributed by atoms with Gasteiger partial charge in [0, 0.05) is 12.1 Å². The lowest BCUT2D eigenvalue weighted by molar-refractivity contribution is 0.511. The molecular formula is C11H26N2. The summed E-state index contributed by atoms with van der Waals surface area (Å²) in [5.41, 5.74) is 5.82. The second-order valence-corrected chi connectivity index (χ2v) is 4.13. The van der Waals surface area contributed by atoms with Gasteiger partial charge in [-0.2, -0.15) is 0 Å². The van der Waals surface area contributed by atoms with Crippen LogP contribution in [-0.2, 0) is 0 Å². The molecule has 13 heavy (non-hydrogen) atoms. The van der Waals surface area contributed by atoms with Crippen molar-refractivity contribution in [3.8, 4) is 0 Å². The standard InChI is InChI=1S/C11H26N2/c1-4-11(12)8-6-5-7-9-13-10(2)3/h10-11,13H,4-9,12H2,1-3H3. The molecule has 0 aromatic heterocycles. The normalized spacial score (nSPS) is 13.6. The van der Waals surface area contributed by atoms with Crippen LogP contribution in [0, 0.1) is 0 Å². The Bertz CT molecular complexity index is 102. The molecule has 0 rings (SSSR count). The Labute approximate surface area is 83.3 Å². The van der Waals surface area contributed by atoms with Gasteiger partial charge in [0.2, 0.25) is 0 Å². The van der Waals surface area contributed by atoms with E-state index in [0.29, 0.717) is 12.1 Å². The minimum atomic E-state index is 0.429. The summed E-state index contributed by atoms with van der Waals surface area (Å²) in [6.07, 6.45) is 6.19. The van der Waals surface area contributed by atoms with Crippen LogP contribution in [0.5, 0.6) is 0 Å². The molecule has 0 saturated carbocycles. The second kappa shape index (κ2) is 8.52. The van der Waals surface area contributed by atoms with E-state index in [2.05, 4.69) is 26.1 Å². The van der Waals surface area contributed by atoms with E-state index in [9.17, 15) is 0 Å². The molecule has 0 spiro atoms. The molecule has 80 valence electrons. The van der Waals surface area contributed by atoms with Gasteiger partial charge in [-0.1, -0.05) is 33.6 Å². The molecule has 1 atom stereocenters. The molecular weight excluding hydrogens is 160 g/mol. The largest absolute Gasteiger partial charge is 0.328 e. The van der Waals surface area contributed by atoms with Gasteiger partial charge in [0.1, 0.15) is 0 Å². The van der Waals surface area contributed by atoms with Crippen molar-refractivity contribution in [1.82, 2.24) is 5.32 Å². The summed E-state index contributed by atoms with van der Waals surface area (Å²) in [6, 6.07) is 1.05. The average Bonchev–Trinajstić information content (AvgIpc) is 2.10. The van der Waals surface area contributed by atoms with Gasteiger partial charge in [-0.25, -0.2) is 0 Å². The number of hydrogen-bond donors (Lipinski definition) is 2. The molecule has 0 saturated heterocycles. The Hall–Kier alpha value is -0.0800. The third kappa shape index (κ3) is 9.84. The summed E-state index contributed by atoms with van der Waals surface area (Å²) < 4.78 is 0. The van der Waals surface area contributed by atoms with Crippen molar-refractivity contribution in [2.24, 2.45) is 5.73 Å². The first-order valence-corrected chi connectivity index (χ1v) is 5.65. The summed E-state index contributed by atoms with van der Waals surface area (Å²) in [6.45, 7) is 7.68. The molecule has 1 unspecified atom stereocenters. The highest BCUT2D eigenvalue weighted by Crippen LogP contribution is 2.03. The van der Waals surface area contributed by atoms with Crippen LogP contribution in [-0.4, -0.2) is 18.6 Å². The molecule has 2 heteroatoms. The lowest BCUT2D eigenvalue weighted by atomic mass is 10.1. The fourth-order valence-electron chi connectivity index (χ4n) is 1.30. The average molecular weight is 186 g/mol. The third-order valence-electron chi connectivity index (χ3n) is 2.33. The molecule has 0 bridgehead atoms. The molecule has 0 aromatic carbocycles. The quantitative estimate of drug-likeness (QED) is 0.571. The summed E-state index contributed by atoms with van der Waals surface area (Å²) in [5, 5.41) is 3.42. The zero-order chi connectivity index (χ0) is 10.1. The molecule has 0 fully saturated rings. The Kier molecular flexibility index (Phi) is 8.46. The lowest BCUT2D eigenvalue weighted by Gasteiger charge is -2.09. The number of nitrogens with two attached hydrogens (primary N) is 1. The van der Waals surface area contributed by atoms with E-state index >= 15 is 0 Å². The van der Waals surface area contributed by atoms with Crippen molar-refractivity contribution in [2.75, 3.05) is 6.54 Å². The molecule has 0 aliphatic heterocycles. The Morgan fingerprint density at radius 3 is 2.38 bits per heavy atom. The highest BCUT2D eigenvalue weighted by Gasteiger charge is 1.98. The fourth-order valence-corrected chi connectivity index (χ4v) is 1.30. The first-order valence-electron chi connectivity index (χ1n) is 5.65. The molecule has 0 heterocycles. The molecule has 0 aliphatic rings. The van der Waals surface area contributed by atoms with Crippen LogP contribution in [0.15, 0.2) is 0 Å². The number of rotatable bonds is 8. The molecule has 2 nitrogen and oxygen atoms in total. The maximum absolute atomic E-state index is 5.82. The van der Waals surface area contributed by atoms with E-state index in [4.69, 9.17) is 5.73 Å². The molecule has 0 aromatic rings. The first-order chi connectivity index (χ1) is 6.16. The van der Waals surface area contributed by atoms with Crippen LogP contribution < -0.4 is 11.1 Å². The topological polar surface area (TPSA) is 38.0 Å². The summed E-state index contributed by atoms with van der Waals surface area (Å²) in [5.74, 6) is 0. The third-order valence-corrected chi connectivity index (χ3v) is 2.33. The number of nitrogens with one attached hydrogen (secondary N) is 1. The van der Waals surface area contributed by atoms with Crippen molar-refractivity contribution >= 4 is 0 Å². The lowest BCUT2D eigenvalue weighted by Crippen LogP contribution is -2.23. The minimum Gasteiger partial charge on any atom is -0.328 e. The van der Waals surface area contributed by atoms with Gasteiger partial charge >= 0.3 is 0 Å². The van der Waals surface area contributed by atoms with Crippen LogP contribution in [0.2, 0.25) is 0 Å². The van der Waals surface area contributed by atoms with Crippen LogP contribution in [0.4, 0.5) is 0 Å². The highest BCUT2D eigenvalue weighted by atomic mass is 14.9. The maximum Gasteiger partial charge on any atom is 0.00362 e. The number of hydrogen-bond acceptors (Lipinski definition) is 2. The molecule has 0 aliphatic carbocycles. The predicted octanol–water partition coefficient (Wildman–Crippen LogP) is 2.28. The minimum absolute atomic E-state index is 0.429. The number of unbranched alkanes of at least 4 members (excludes halogenated alkanes) is 2. The van der Waals surface area contributed by atoms with Crippen molar-refractivity contribution in [3.05, 3.63) is 0 Å². The maximum atomic E-state index is 5.82. The summed E-state index contributed by atoms with van der Waals surface area (Å²) in [7, 11) is 0. The Morgan fingerprint density at radius 1 is 1.15 bits per heavy atom. The van der Waals surface area contributed by atoms with Gasteiger partial charge in [-0.05, 0) is 25.8 Å². The SMILES string of the molecule is CCC(N)CCCCCNC(C)C. The van der Waals surface area contributed by atoms with E-state index < -0.39 is 0 Å². The van der Waals surface area contributed by atoms with Crippen molar-refractivity contribution in [3.63, 3.8) is 0 Å². The van der Waals surface area contributed by atoms with Crippen molar-refractivity contribution in [1.29, 1.82) is 0 Å². The van der Waals surface area contributed by atoms with Crippen LogP contribution in [0.3, 0.4) is 0 Å². The van der Waals surface area contributed by atoms with Crippen molar-refractivity contribution < 1.29 is 0 Å². The van der Waals surface area contributed by atoms with E-state index in [0.717, 1.165) is 13.0 Å². The van der Waals surface area contributed by atoms with E-state index in [1.54, 1.807) is 0 Å². The highest BCUT2D eigenvalue weighted by molar-refractivity contribution is 4.59. The van der Waals surface area contributed by atoms with E-state index in [1.165, 1.54) is 25.7 Å². The van der Waals surface area contributed by atoms with Crippen LogP contribution in [0.1, 0.15) is 52.9 Å². The van der Waals surface area contributed by atoms with Gasteiger partial charge in [0.05, 0.1) is 0 Å². The van der Waals surface area contributed by atoms with Gasteiger partial charge in [-0.15, -0.1) is 0 Å². The Balaban J connectivity index is 2.99. The predicted molar refractivity (Wildman–Crippen MR) is 59.9 cm³/mol. The van der Waals surface area contributed by atoms with Gasteiger partial charge in [0.25, 0.3) is 0 Å². The molecule has 3 N–H and O–H groups in total. The zero-order valence-electron chi connectivity index (χ0n) is 9.47. The smallest absolute Gasteiger partial charge is 0.00362 e. The monoisotopic (exact) mass is 186 g/mol. The van der Waals surface area contributed by atoms with Gasteiger partial charge in [0.15, 0.2) is 0 Å². The summed E-state index contributed by atoms with van der Waals surface area (Å²) in [4.78, 5) is 0. The van der Waals surface area contributed by atoms with Crippen molar-refractivity contribution in [2.45, 2.75) is 65.0 Å². The van der Waals surface area contributed by atoms with Crippen LogP contribution in [0.25, 0.3) is 0 Å². The Morgan fingerprint density at radius 2 is 1.85 bits per heavy atom. The fraction of sp³-hybridized carbons (Fsp3) is 1.00. The van der Waals surface area contributed by atoms with Gasteiger partial charge in [-0.3, -0.25) is 0 Å². The zero-order valence-corrected chi connectivity index (χ0v) is 9.47. The molecule has 0 radical (unpaired) electrons. The van der Waals surface area contributed by atoms with Crippen LogP contribution >= 0.6 is 0 Å².